The number of aliphatic carboxylic acids is 1. The normalized spacial score (nSPS) is 12.9. The van der Waals surface area contributed by atoms with Crippen LogP contribution in [0.25, 0.3) is 0 Å². The molecule has 0 aromatic heterocycles. The van der Waals surface area contributed by atoms with Gasteiger partial charge >= 0.3 is 18.3 Å². The maximum absolute atomic E-state index is 11.9. The van der Waals surface area contributed by atoms with Crippen LogP contribution in [0.4, 0.5) is 26.3 Å². The molecule has 1 unspecified atom stereocenters. The van der Waals surface area contributed by atoms with Crippen LogP contribution >= 0.6 is 0 Å². The summed E-state index contributed by atoms with van der Waals surface area (Å²) in [6.45, 7) is 0.471. The smallest absolute Gasteiger partial charge is 0.484 e. The van der Waals surface area contributed by atoms with Gasteiger partial charge in [-0.05, 0) is 24.6 Å². The van der Waals surface area contributed by atoms with Crippen molar-refractivity contribution < 1.29 is 41.0 Å². The monoisotopic (exact) mass is 333 g/mol. The molecule has 0 aliphatic carbocycles. The zero-order chi connectivity index (χ0) is 17.6. The van der Waals surface area contributed by atoms with Gasteiger partial charge in [0.15, 0.2) is 6.61 Å². The van der Waals surface area contributed by atoms with Crippen molar-refractivity contribution in [3.63, 3.8) is 0 Å². The minimum atomic E-state index is -5.08. The Labute approximate surface area is 121 Å². The quantitative estimate of drug-likeness (QED) is 0.833. The summed E-state index contributed by atoms with van der Waals surface area (Å²) >= 11 is 0. The Morgan fingerprint density at radius 1 is 1.27 bits per heavy atom. The highest BCUT2D eigenvalue weighted by Gasteiger charge is 2.38. The van der Waals surface area contributed by atoms with Crippen LogP contribution in [0, 0.1) is 0 Å². The van der Waals surface area contributed by atoms with Crippen LogP contribution in [0.3, 0.4) is 0 Å². The third-order valence-corrected chi connectivity index (χ3v) is 2.03. The Morgan fingerprint density at radius 2 is 1.77 bits per heavy atom. The molecule has 22 heavy (non-hydrogen) atoms. The molecule has 1 rings (SSSR count). The summed E-state index contributed by atoms with van der Waals surface area (Å²) in [5.41, 5.74) is 6.33. The van der Waals surface area contributed by atoms with Crippen molar-refractivity contribution in [2.24, 2.45) is 5.73 Å². The fraction of sp³-hybridized carbons (Fsp3) is 0.417. The highest BCUT2D eigenvalue weighted by molar-refractivity contribution is 5.73. The van der Waals surface area contributed by atoms with Crippen LogP contribution in [0.2, 0.25) is 0 Å². The summed E-state index contributed by atoms with van der Waals surface area (Å²) in [4.78, 5) is 8.90. The van der Waals surface area contributed by atoms with Crippen LogP contribution < -0.4 is 10.5 Å². The van der Waals surface area contributed by atoms with Gasteiger partial charge in [0.2, 0.25) is 0 Å². The van der Waals surface area contributed by atoms with Crippen molar-refractivity contribution in [2.45, 2.75) is 25.3 Å². The molecule has 0 saturated carbocycles. The van der Waals surface area contributed by atoms with E-state index in [4.69, 9.17) is 15.6 Å². The molecule has 1 atom stereocenters. The topological polar surface area (TPSA) is 72.5 Å². The second-order valence-corrected chi connectivity index (χ2v) is 4.07. The van der Waals surface area contributed by atoms with Gasteiger partial charge in [-0.25, -0.2) is 4.79 Å². The van der Waals surface area contributed by atoms with E-state index in [2.05, 4.69) is 4.74 Å². The number of hydrogen-bond donors (Lipinski definition) is 2. The summed E-state index contributed by atoms with van der Waals surface area (Å²) in [7, 11) is 0. The molecule has 0 heterocycles. The lowest BCUT2D eigenvalue weighted by molar-refractivity contribution is -0.192. The van der Waals surface area contributed by atoms with Crippen molar-refractivity contribution in [3.8, 4) is 5.75 Å². The first-order valence-corrected chi connectivity index (χ1v) is 5.68. The van der Waals surface area contributed by atoms with Gasteiger partial charge < -0.3 is 15.6 Å². The summed E-state index contributed by atoms with van der Waals surface area (Å²) in [6.07, 6.45) is -9.40. The second kappa shape index (κ2) is 7.87. The van der Waals surface area contributed by atoms with E-state index in [9.17, 15) is 26.3 Å². The van der Waals surface area contributed by atoms with E-state index < -0.39 is 24.9 Å². The maximum atomic E-state index is 11.9. The maximum Gasteiger partial charge on any atom is 0.490 e. The van der Waals surface area contributed by atoms with Crippen molar-refractivity contribution in [1.82, 2.24) is 0 Å². The van der Waals surface area contributed by atoms with Gasteiger partial charge in [0, 0.05) is 6.04 Å². The lowest BCUT2D eigenvalue weighted by Crippen LogP contribution is -2.21. The molecule has 0 spiro atoms. The van der Waals surface area contributed by atoms with Gasteiger partial charge in [-0.1, -0.05) is 12.1 Å². The minimum Gasteiger partial charge on any atom is -0.484 e. The van der Waals surface area contributed by atoms with E-state index in [-0.39, 0.29) is 11.8 Å². The summed E-state index contributed by atoms with van der Waals surface area (Å²) in [5, 5.41) is 7.12. The molecule has 0 bridgehead atoms. The molecular formula is C12H13F6NO3. The van der Waals surface area contributed by atoms with E-state index in [0.29, 0.717) is 0 Å². The molecule has 0 aliphatic heterocycles. The number of nitrogens with two attached hydrogens (primary N) is 1. The Morgan fingerprint density at radius 3 is 2.14 bits per heavy atom. The first kappa shape index (κ1) is 20.0. The third kappa shape index (κ3) is 9.06. The molecule has 1 aromatic rings. The number of benzene rings is 1. The minimum absolute atomic E-state index is 0.183. The van der Waals surface area contributed by atoms with Crippen LogP contribution in [-0.2, 0) is 4.79 Å². The fourth-order valence-corrected chi connectivity index (χ4v) is 1.05. The van der Waals surface area contributed by atoms with Gasteiger partial charge in [-0.3, -0.25) is 0 Å². The van der Waals surface area contributed by atoms with E-state index in [1.807, 2.05) is 0 Å². The van der Waals surface area contributed by atoms with Gasteiger partial charge in [0.05, 0.1) is 0 Å². The number of carbonyl (C=O) groups is 1. The summed E-state index contributed by atoms with van der Waals surface area (Å²) in [5.74, 6) is -2.57. The predicted molar refractivity (Wildman–Crippen MR) is 64.3 cm³/mol. The molecule has 0 saturated heterocycles. The Kier molecular flexibility index (Phi) is 7.17. The molecule has 3 N–H and O–H groups in total. The molecule has 1 aromatic carbocycles. The van der Waals surface area contributed by atoms with Gasteiger partial charge in [0.1, 0.15) is 5.75 Å². The van der Waals surface area contributed by atoms with Gasteiger partial charge in [0.25, 0.3) is 0 Å². The number of alkyl halides is 6. The van der Waals surface area contributed by atoms with E-state index in [0.717, 1.165) is 5.56 Å². The fourth-order valence-electron chi connectivity index (χ4n) is 1.05. The number of rotatable bonds is 3. The number of carboxylic acid groups (broad SMARTS) is 1. The average molecular weight is 333 g/mol. The predicted octanol–water partition coefficient (Wildman–Crippen LogP) is 3.28. The Hall–Kier alpha value is -1.97. The first-order chi connectivity index (χ1) is 9.83. The number of ether oxygens (including phenoxy) is 1. The number of hydrogen-bond acceptors (Lipinski definition) is 3. The highest BCUT2D eigenvalue weighted by atomic mass is 19.4. The molecule has 0 amide bonds. The van der Waals surface area contributed by atoms with E-state index >= 15 is 0 Å². The van der Waals surface area contributed by atoms with Gasteiger partial charge in [-0.2, -0.15) is 26.3 Å². The zero-order valence-corrected chi connectivity index (χ0v) is 11.2. The lowest BCUT2D eigenvalue weighted by Gasteiger charge is -2.11. The van der Waals surface area contributed by atoms with Crippen LogP contribution in [0.5, 0.6) is 5.75 Å². The molecule has 126 valence electrons. The van der Waals surface area contributed by atoms with Gasteiger partial charge in [-0.15, -0.1) is 0 Å². The SMILES string of the molecule is CC(N)c1cccc(OCC(F)(F)F)c1.O=C(O)C(F)(F)F. The standard InChI is InChI=1S/C10H12F3NO.C2HF3O2/c1-7(14)8-3-2-4-9(5-8)15-6-10(11,12)13;3-2(4,5)1(6)7/h2-5,7H,6,14H2,1H3;(H,6,7). The second-order valence-electron chi connectivity index (χ2n) is 4.07. The summed E-state index contributed by atoms with van der Waals surface area (Å²) in [6, 6.07) is 6.11. The van der Waals surface area contributed by atoms with Crippen LogP contribution in [-0.4, -0.2) is 30.0 Å². The van der Waals surface area contributed by atoms with Crippen LogP contribution in [0.1, 0.15) is 18.5 Å². The van der Waals surface area contributed by atoms with E-state index in [1.54, 1.807) is 19.1 Å². The number of halogens is 6. The molecule has 4 nitrogen and oxygen atoms in total. The largest absolute Gasteiger partial charge is 0.490 e. The lowest BCUT2D eigenvalue weighted by atomic mass is 10.1. The van der Waals surface area contributed by atoms with Crippen molar-refractivity contribution >= 4 is 5.97 Å². The van der Waals surface area contributed by atoms with Crippen molar-refractivity contribution in [2.75, 3.05) is 6.61 Å². The molecular weight excluding hydrogens is 320 g/mol. The third-order valence-electron chi connectivity index (χ3n) is 2.03. The van der Waals surface area contributed by atoms with Crippen LogP contribution in [0.15, 0.2) is 24.3 Å². The molecule has 0 radical (unpaired) electrons. The summed E-state index contributed by atoms with van der Waals surface area (Å²) < 4.78 is 71.9. The van der Waals surface area contributed by atoms with E-state index in [1.165, 1.54) is 12.1 Å². The molecule has 0 aliphatic rings. The molecule has 0 fully saturated rings. The van der Waals surface area contributed by atoms with Crippen molar-refractivity contribution in [1.29, 1.82) is 0 Å². The zero-order valence-electron chi connectivity index (χ0n) is 11.2. The molecule has 10 heteroatoms. The number of carboxylic acids is 1. The Balaban J connectivity index is 0.000000534. The Bertz CT molecular complexity index is 484. The first-order valence-electron chi connectivity index (χ1n) is 5.68. The highest BCUT2D eigenvalue weighted by Crippen LogP contribution is 2.21. The average Bonchev–Trinajstić information content (AvgIpc) is 2.35. The van der Waals surface area contributed by atoms with Crippen molar-refractivity contribution in [3.05, 3.63) is 29.8 Å².